The van der Waals surface area contributed by atoms with Crippen LogP contribution in [0.1, 0.15) is 84.2 Å². The van der Waals surface area contributed by atoms with Crippen LogP contribution in [0.4, 0.5) is 5.69 Å². The highest BCUT2D eigenvalue weighted by molar-refractivity contribution is 5.97. The summed E-state index contributed by atoms with van der Waals surface area (Å²) in [6.45, 7) is 19.6. The van der Waals surface area contributed by atoms with Crippen LogP contribution in [0, 0.1) is 34.5 Å². The molecule has 0 bridgehead atoms. The molecule has 11 nitrogen and oxygen atoms in total. The lowest BCUT2D eigenvalue weighted by Gasteiger charge is -2.53. The van der Waals surface area contributed by atoms with Crippen molar-refractivity contribution in [1.29, 1.82) is 0 Å². The Morgan fingerprint density at radius 3 is 2.27 bits per heavy atom. The van der Waals surface area contributed by atoms with E-state index in [2.05, 4.69) is 70.1 Å². The molecule has 1 aliphatic carbocycles. The second-order valence-electron chi connectivity index (χ2n) is 19.4. The number of ether oxygens (including phenoxy) is 1. The number of rotatable bonds is 17. The predicted octanol–water partition coefficient (Wildman–Crippen LogP) is 6.00. The number of likely N-dealkylation sites (N-methyl/N-ethyl adjacent to an activating group) is 2. The molecule has 1 saturated heterocycles. The number of para-hydroxylation sites is 1. The van der Waals surface area contributed by atoms with Crippen molar-refractivity contribution >= 4 is 17.5 Å². The van der Waals surface area contributed by atoms with Gasteiger partial charge in [0.05, 0.1) is 25.9 Å². The molecule has 1 unspecified atom stereocenters. The molecule has 1 saturated carbocycles. The summed E-state index contributed by atoms with van der Waals surface area (Å²) in [4.78, 5) is 41.0. The number of hydrogen-bond donors (Lipinski definition) is 3. The second kappa shape index (κ2) is 18.6. The number of carbonyl (C=O) groups is 2. The molecule has 2 aliphatic rings. The minimum absolute atomic E-state index is 0.0221. The Labute approximate surface area is 338 Å². The van der Waals surface area contributed by atoms with Gasteiger partial charge in [0.25, 0.3) is 5.91 Å². The molecule has 2 aromatic carbocycles. The maximum atomic E-state index is 14.3. The van der Waals surface area contributed by atoms with Gasteiger partial charge < -0.3 is 35.2 Å². The number of aliphatic hydroxyl groups is 1. The van der Waals surface area contributed by atoms with Crippen LogP contribution in [0.15, 0.2) is 36.4 Å². The number of methoxy groups -OCH3 is 1. The summed E-state index contributed by atoms with van der Waals surface area (Å²) in [5, 5.41) is 19.5. The SMILES string of the molecule is COc1c(CN2O[C@@H](CN(C)C)[C@@H]([C@H](C)O)[C@H]2C(=O)NC[C@@H](C)[C@@H]2C[C@H](C)C2(C)C)cccc1-c1cc(C(=O)NC(CN(C)C)CC(C)(C)C)cc(N(C)C)c1. The third-order valence-electron chi connectivity index (χ3n) is 12.3. The van der Waals surface area contributed by atoms with Gasteiger partial charge in [0.1, 0.15) is 11.8 Å². The van der Waals surface area contributed by atoms with Crippen molar-refractivity contribution in [2.24, 2.45) is 34.5 Å². The maximum Gasteiger partial charge on any atom is 0.251 e. The van der Waals surface area contributed by atoms with Crippen molar-refractivity contribution in [3.63, 3.8) is 0 Å². The molecular weight excluding hydrogens is 705 g/mol. The van der Waals surface area contributed by atoms with Crippen LogP contribution in [0.25, 0.3) is 11.1 Å². The Morgan fingerprint density at radius 1 is 1.05 bits per heavy atom. The Bertz CT molecular complexity index is 1640. The number of benzene rings is 2. The summed E-state index contributed by atoms with van der Waals surface area (Å²) < 4.78 is 6.16. The largest absolute Gasteiger partial charge is 0.496 e. The minimum Gasteiger partial charge on any atom is -0.496 e. The van der Waals surface area contributed by atoms with Gasteiger partial charge in [-0.1, -0.05) is 66.7 Å². The number of anilines is 1. The smallest absolute Gasteiger partial charge is 0.251 e. The van der Waals surface area contributed by atoms with Gasteiger partial charge >= 0.3 is 0 Å². The van der Waals surface area contributed by atoms with E-state index in [0.717, 1.165) is 41.8 Å². The number of amides is 2. The number of aliphatic hydroxyl groups excluding tert-OH is 1. The molecule has 0 radical (unpaired) electrons. The molecule has 1 aliphatic heterocycles. The molecule has 4 rings (SSSR count). The van der Waals surface area contributed by atoms with E-state index in [4.69, 9.17) is 9.57 Å². The first kappa shape index (κ1) is 45.5. The molecule has 2 aromatic rings. The zero-order chi connectivity index (χ0) is 41.9. The zero-order valence-electron chi connectivity index (χ0n) is 37.2. The molecule has 0 spiro atoms. The van der Waals surface area contributed by atoms with Gasteiger partial charge in [0.15, 0.2) is 0 Å². The number of hydrogen-bond acceptors (Lipinski definition) is 9. The third kappa shape index (κ3) is 11.0. The normalized spacial score (nSPS) is 24.1. The van der Waals surface area contributed by atoms with E-state index in [0.29, 0.717) is 42.2 Å². The molecule has 3 N–H and O–H groups in total. The third-order valence-corrected chi connectivity index (χ3v) is 12.3. The van der Waals surface area contributed by atoms with Crippen molar-refractivity contribution < 1.29 is 24.3 Å². The first-order valence-corrected chi connectivity index (χ1v) is 20.5. The summed E-state index contributed by atoms with van der Waals surface area (Å²) in [6.07, 6.45) is 0.827. The van der Waals surface area contributed by atoms with Crippen LogP contribution in [0.2, 0.25) is 0 Å². The highest BCUT2D eigenvalue weighted by Gasteiger charge is 2.51. The van der Waals surface area contributed by atoms with E-state index in [1.807, 2.05) is 82.4 Å². The first-order chi connectivity index (χ1) is 26.0. The average molecular weight is 779 g/mol. The topological polar surface area (TPSA) is 110 Å². The van der Waals surface area contributed by atoms with Gasteiger partial charge in [0.2, 0.25) is 5.91 Å². The van der Waals surface area contributed by atoms with Gasteiger partial charge in [-0.25, -0.2) is 0 Å². The number of nitrogens with one attached hydrogen (secondary N) is 2. The molecule has 11 heteroatoms. The Balaban J connectivity index is 1.68. The van der Waals surface area contributed by atoms with Gasteiger partial charge in [-0.3, -0.25) is 14.4 Å². The van der Waals surface area contributed by atoms with Crippen molar-refractivity contribution in [1.82, 2.24) is 25.5 Å². The fourth-order valence-corrected chi connectivity index (χ4v) is 9.01. The minimum atomic E-state index is -0.781. The van der Waals surface area contributed by atoms with Crippen molar-refractivity contribution in [3.8, 4) is 16.9 Å². The lowest BCUT2D eigenvalue weighted by molar-refractivity contribution is -0.177. The lowest BCUT2D eigenvalue weighted by Crippen LogP contribution is -2.52. The molecule has 2 fully saturated rings. The van der Waals surface area contributed by atoms with Gasteiger partial charge in [-0.2, -0.15) is 5.06 Å². The predicted molar refractivity (Wildman–Crippen MR) is 228 cm³/mol. The summed E-state index contributed by atoms with van der Waals surface area (Å²) in [7, 11) is 13.6. The van der Waals surface area contributed by atoms with Crippen molar-refractivity contribution in [2.45, 2.75) is 99.1 Å². The Kier molecular flexibility index (Phi) is 15.1. The maximum absolute atomic E-state index is 14.3. The van der Waals surface area contributed by atoms with Crippen LogP contribution >= 0.6 is 0 Å². The molecule has 56 heavy (non-hydrogen) atoms. The van der Waals surface area contributed by atoms with E-state index < -0.39 is 24.2 Å². The molecule has 0 aromatic heterocycles. The van der Waals surface area contributed by atoms with E-state index in [1.54, 1.807) is 19.1 Å². The number of hydroxylamine groups is 2. The first-order valence-electron chi connectivity index (χ1n) is 20.5. The Morgan fingerprint density at radius 2 is 1.73 bits per heavy atom. The van der Waals surface area contributed by atoms with Crippen LogP contribution in [-0.4, -0.2) is 125 Å². The lowest BCUT2D eigenvalue weighted by atomic mass is 9.52. The standard InChI is InChI=1S/C45H74N6O5/c1-28(37-19-29(2)45(37,7)8)24-46-43(54)40-39(30(3)52)38(27-49(11)12)56-51(40)25-31-17-16-18-36(41(31)55-15)32-20-33(22-35(21-32)50(13)14)42(53)47-34(26-48(9)10)23-44(4,5)6/h16-18,20-22,28-30,34,37-40,52H,19,23-27H2,1-15H3,(H,46,54)(H,47,53)/t28-,29+,30+,34?,37+,38+,39-,40+/m1/s1. The van der Waals surface area contributed by atoms with E-state index in [-0.39, 0.29) is 35.2 Å². The highest BCUT2D eigenvalue weighted by atomic mass is 16.7. The molecular formula is C45H74N6O5. The quantitative estimate of drug-likeness (QED) is 0.178. The van der Waals surface area contributed by atoms with E-state index in [1.165, 1.54) is 0 Å². The molecule has 2 amide bonds. The van der Waals surface area contributed by atoms with Crippen LogP contribution in [-0.2, 0) is 16.2 Å². The van der Waals surface area contributed by atoms with Gasteiger partial charge in [0, 0.05) is 68.1 Å². The summed E-state index contributed by atoms with van der Waals surface area (Å²) in [5.74, 6) is 1.44. The summed E-state index contributed by atoms with van der Waals surface area (Å²) in [5.41, 5.74) is 4.23. The zero-order valence-corrected chi connectivity index (χ0v) is 37.2. The van der Waals surface area contributed by atoms with E-state index in [9.17, 15) is 14.7 Å². The van der Waals surface area contributed by atoms with Crippen molar-refractivity contribution in [2.75, 3.05) is 73.9 Å². The summed E-state index contributed by atoms with van der Waals surface area (Å²) in [6, 6.07) is 11.1. The number of nitrogens with zero attached hydrogens (tertiary/aromatic N) is 4. The second-order valence-corrected chi connectivity index (χ2v) is 19.4. The highest BCUT2D eigenvalue weighted by Crippen LogP contribution is 2.54. The molecule has 314 valence electrons. The molecule has 8 atom stereocenters. The van der Waals surface area contributed by atoms with Crippen LogP contribution in [0.5, 0.6) is 5.75 Å². The van der Waals surface area contributed by atoms with Crippen molar-refractivity contribution in [3.05, 3.63) is 47.5 Å². The van der Waals surface area contributed by atoms with Crippen LogP contribution < -0.4 is 20.3 Å². The molecule has 1 heterocycles. The van der Waals surface area contributed by atoms with Gasteiger partial charge in [-0.15, -0.1) is 0 Å². The average Bonchev–Trinajstić information content (AvgIpc) is 3.44. The Hall–Kier alpha value is -3.22. The van der Waals surface area contributed by atoms with Gasteiger partial charge in [-0.05, 0) is 100 Å². The van der Waals surface area contributed by atoms with Crippen LogP contribution in [0.3, 0.4) is 0 Å². The fraction of sp³-hybridized carbons (Fsp3) is 0.689. The summed E-state index contributed by atoms with van der Waals surface area (Å²) >= 11 is 0. The van der Waals surface area contributed by atoms with E-state index >= 15 is 0 Å². The monoisotopic (exact) mass is 779 g/mol. The fourth-order valence-electron chi connectivity index (χ4n) is 9.01. The number of carbonyl (C=O) groups excluding carboxylic acids is 2.